The predicted molar refractivity (Wildman–Crippen MR) is 113 cm³/mol. The molecule has 0 spiro atoms. The van der Waals surface area contributed by atoms with Crippen LogP contribution in [0.4, 0.5) is 20.3 Å². The van der Waals surface area contributed by atoms with E-state index in [2.05, 4.69) is 32.1 Å². The third-order valence-corrected chi connectivity index (χ3v) is 4.57. The molecule has 0 radical (unpaired) electrons. The van der Waals surface area contributed by atoms with Crippen LogP contribution >= 0.6 is 11.6 Å². The second-order valence-corrected chi connectivity index (χ2v) is 6.78. The Bertz CT molecular complexity index is 1430. The predicted octanol–water partition coefficient (Wildman–Crippen LogP) is 3.30. The van der Waals surface area contributed by atoms with Gasteiger partial charge in [0.05, 0.1) is 29.6 Å². The fourth-order valence-corrected chi connectivity index (χ4v) is 3.02. The van der Waals surface area contributed by atoms with Gasteiger partial charge < -0.3 is 15.8 Å². The zero-order chi connectivity index (χ0) is 22.8. The number of nitrogens with zero attached hydrogens (tertiary/aromatic N) is 4. The number of hydrogen-bond acceptors (Lipinski definition) is 6. The average molecular weight is 455 g/mol. The summed E-state index contributed by atoms with van der Waals surface area (Å²) in [4.78, 5) is 24.5. The number of nitrogens with two attached hydrogens (primary N) is 1. The van der Waals surface area contributed by atoms with Crippen molar-refractivity contribution in [3.8, 4) is 17.7 Å². The van der Waals surface area contributed by atoms with E-state index in [1.54, 1.807) is 6.20 Å². The standard InChI is InChI=1S/C21H13ClF2N6O2/c1-32-21-14(8-11(22)9-28-21)20(31)29-16-5-4-15(23)13(17(16)24)3-2-12-10-27-18(25)19-26-6-7-30(12)19/h4-10H,1H3,(H2,25,27)(H,29,31). The molecular weight excluding hydrogens is 442 g/mol. The van der Waals surface area contributed by atoms with E-state index in [0.717, 1.165) is 12.1 Å². The number of halogens is 3. The van der Waals surface area contributed by atoms with Crippen LogP contribution in [-0.2, 0) is 0 Å². The van der Waals surface area contributed by atoms with Crippen molar-refractivity contribution in [2.75, 3.05) is 18.2 Å². The number of nitrogen functional groups attached to an aromatic ring is 1. The first-order chi connectivity index (χ1) is 15.4. The van der Waals surface area contributed by atoms with Crippen LogP contribution in [0.15, 0.2) is 43.0 Å². The number of benzene rings is 1. The molecule has 4 aromatic rings. The highest BCUT2D eigenvalue weighted by molar-refractivity contribution is 6.31. The molecule has 0 saturated carbocycles. The lowest BCUT2D eigenvalue weighted by Crippen LogP contribution is -2.15. The largest absolute Gasteiger partial charge is 0.480 e. The van der Waals surface area contributed by atoms with E-state index >= 15 is 4.39 Å². The van der Waals surface area contributed by atoms with Crippen LogP contribution in [0.5, 0.6) is 5.88 Å². The number of imidazole rings is 1. The number of nitrogens with one attached hydrogen (secondary N) is 1. The summed E-state index contributed by atoms with van der Waals surface area (Å²) in [5.74, 6) is 2.58. The van der Waals surface area contributed by atoms with Crippen LogP contribution in [0.2, 0.25) is 5.02 Å². The maximum absolute atomic E-state index is 15.0. The van der Waals surface area contributed by atoms with Gasteiger partial charge >= 0.3 is 0 Å². The summed E-state index contributed by atoms with van der Waals surface area (Å²) >= 11 is 5.88. The zero-order valence-electron chi connectivity index (χ0n) is 16.4. The molecule has 3 heterocycles. The van der Waals surface area contributed by atoms with Crippen LogP contribution in [0.3, 0.4) is 0 Å². The summed E-state index contributed by atoms with van der Waals surface area (Å²) in [5, 5.41) is 2.54. The first kappa shape index (κ1) is 21.0. The Balaban J connectivity index is 1.69. The van der Waals surface area contributed by atoms with Crippen molar-refractivity contribution in [3.63, 3.8) is 0 Å². The third-order valence-electron chi connectivity index (χ3n) is 4.37. The minimum Gasteiger partial charge on any atom is -0.480 e. The molecule has 4 rings (SSSR count). The number of ether oxygens (including phenoxy) is 1. The van der Waals surface area contributed by atoms with Crippen LogP contribution in [-0.4, -0.2) is 32.4 Å². The SMILES string of the molecule is COc1ncc(Cl)cc1C(=O)Nc1ccc(F)c(C#Cc2cnc(N)c3nccn23)c1F. The van der Waals surface area contributed by atoms with E-state index in [-0.39, 0.29) is 28.0 Å². The molecule has 160 valence electrons. The maximum Gasteiger partial charge on any atom is 0.261 e. The van der Waals surface area contributed by atoms with Gasteiger partial charge in [-0.3, -0.25) is 9.20 Å². The minimum absolute atomic E-state index is 0.00497. The Labute approximate surface area is 185 Å². The number of pyridine rings is 1. The van der Waals surface area contributed by atoms with Gasteiger partial charge in [-0.05, 0) is 24.1 Å². The summed E-state index contributed by atoms with van der Waals surface area (Å²) in [6.45, 7) is 0. The lowest BCUT2D eigenvalue weighted by molar-refractivity contribution is 0.102. The zero-order valence-corrected chi connectivity index (χ0v) is 17.1. The smallest absolute Gasteiger partial charge is 0.261 e. The van der Waals surface area contributed by atoms with Crippen molar-refractivity contribution in [3.05, 3.63) is 76.5 Å². The Morgan fingerprint density at radius 2 is 2.03 bits per heavy atom. The van der Waals surface area contributed by atoms with E-state index in [1.165, 1.54) is 36.2 Å². The molecule has 0 saturated heterocycles. The van der Waals surface area contributed by atoms with Gasteiger partial charge in [0, 0.05) is 18.6 Å². The van der Waals surface area contributed by atoms with Crippen molar-refractivity contribution in [2.24, 2.45) is 0 Å². The van der Waals surface area contributed by atoms with Gasteiger partial charge in [0.1, 0.15) is 17.1 Å². The lowest BCUT2D eigenvalue weighted by atomic mass is 10.1. The molecule has 3 aromatic heterocycles. The fraction of sp³-hybridized carbons (Fsp3) is 0.0476. The molecule has 3 N–H and O–H groups in total. The monoisotopic (exact) mass is 454 g/mol. The molecule has 11 heteroatoms. The number of fused-ring (bicyclic) bond motifs is 1. The van der Waals surface area contributed by atoms with Crippen LogP contribution in [0.1, 0.15) is 21.6 Å². The molecular formula is C21H13ClF2N6O2. The van der Waals surface area contributed by atoms with Gasteiger partial charge in [-0.15, -0.1) is 0 Å². The molecule has 1 amide bonds. The van der Waals surface area contributed by atoms with E-state index in [1.807, 2.05) is 0 Å². The number of rotatable bonds is 3. The highest BCUT2D eigenvalue weighted by Gasteiger charge is 2.19. The molecule has 0 aliphatic rings. The third kappa shape index (κ3) is 3.89. The summed E-state index contributed by atoms with van der Waals surface area (Å²) < 4.78 is 35.9. The lowest BCUT2D eigenvalue weighted by Gasteiger charge is -2.10. The Kier molecular flexibility index (Phi) is 5.57. The highest BCUT2D eigenvalue weighted by atomic mass is 35.5. The van der Waals surface area contributed by atoms with Crippen molar-refractivity contribution in [1.29, 1.82) is 0 Å². The number of hydrogen-bond donors (Lipinski definition) is 2. The van der Waals surface area contributed by atoms with Crippen LogP contribution in [0.25, 0.3) is 5.65 Å². The Morgan fingerprint density at radius 1 is 1.22 bits per heavy atom. The van der Waals surface area contributed by atoms with E-state index in [4.69, 9.17) is 22.1 Å². The topological polar surface area (TPSA) is 107 Å². The molecule has 0 unspecified atom stereocenters. The second kappa shape index (κ2) is 8.49. The van der Waals surface area contributed by atoms with Crippen molar-refractivity contribution in [2.45, 2.75) is 0 Å². The maximum atomic E-state index is 15.0. The van der Waals surface area contributed by atoms with Crippen molar-refractivity contribution >= 4 is 34.7 Å². The van der Waals surface area contributed by atoms with E-state index in [0.29, 0.717) is 11.3 Å². The summed E-state index contributed by atoms with van der Waals surface area (Å²) in [5.41, 5.74) is 5.58. The number of carbonyl (C=O) groups excluding carboxylic acids is 1. The molecule has 0 aliphatic carbocycles. The Morgan fingerprint density at radius 3 is 2.81 bits per heavy atom. The summed E-state index contributed by atoms with van der Waals surface area (Å²) in [6.07, 6.45) is 5.74. The fourth-order valence-electron chi connectivity index (χ4n) is 2.86. The normalized spacial score (nSPS) is 10.5. The van der Waals surface area contributed by atoms with Crippen LogP contribution < -0.4 is 15.8 Å². The number of aromatic nitrogens is 4. The van der Waals surface area contributed by atoms with E-state index in [9.17, 15) is 9.18 Å². The summed E-state index contributed by atoms with van der Waals surface area (Å²) in [7, 11) is 1.32. The second-order valence-electron chi connectivity index (χ2n) is 6.35. The first-order valence-electron chi connectivity index (χ1n) is 8.97. The quantitative estimate of drug-likeness (QED) is 0.460. The molecule has 0 aliphatic heterocycles. The summed E-state index contributed by atoms with van der Waals surface area (Å²) in [6, 6.07) is 3.39. The molecule has 1 aromatic carbocycles. The molecule has 0 fully saturated rings. The minimum atomic E-state index is -1.05. The average Bonchev–Trinajstić information content (AvgIpc) is 3.28. The van der Waals surface area contributed by atoms with Gasteiger partial charge in [0.15, 0.2) is 17.3 Å². The van der Waals surface area contributed by atoms with Crippen LogP contribution in [0, 0.1) is 23.5 Å². The van der Waals surface area contributed by atoms with Crippen molar-refractivity contribution in [1.82, 2.24) is 19.4 Å². The highest BCUT2D eigenvalue weighted by Crippen LogP contribution is 2.24. The number of anilines is 2. The number of amides is 1. The van der Waals surface area contributed by atoms with Gasteiger partial charge in [0.25, 0.3) is 5.91 Å². The van der Waals surface area contributed by atoms with Crippen molar-refractivity contribution < 1.29 is 18.3 Å². The van der Waals surface area contributed by atoms with Gasteiger partial charge in [-0.1, -0.05) is 17.5 Å². The molecule has 0 bridgehead atoms. The number of carbonyl (C=O) groups is 1. The van der Waals surface area contributed by atoms with E-state index < -0.39 is 23.1 Å². The molecule has 0 atom stereocenters. The van der Waals surface area contributed by atoms with Gasteiger partial charge in [-0.25, -0.2) is 23.7 Å². The number of methoxy groups -OCH3 is 1. The van der Waals surface area contributed by atoms with Gasteiger partial charge in [-0.2, -0.15) is 0 Å². The Hall–Kier alpha value is -4.23. The first-order valence-corrected chi connectivity index (χ1v) is 9.35. The van der Waals surface area contributed by atoms with Gasteiger partial charge in [0.2, 0.25) is 5.88 Å². The molecule has 32 heavy (non-hydrogen) atoms. The molecule has 8 nitrogen and oxygen atoms in total.